The molecule has 0 unspecified atom stereocenters. The minimum Gasteiger partial charge on any atom is -0.307 e. The number of rotatable bonds is 4. The van der Waals surface area contributed by atoms with Crippen LogP contribution in [0.5, 0.6) is 0 Å². The van der Waals surface area contributed by atoms with E-state index in [-0.39, 0.29) is 0 Å². The molecule has 0 saturated carbocycles. The third-order valence-corrected chi connectivity index (χ3v) is 1.06. The molecule has 0 aromatic rings. The van der Waals surface area contributed by atoms with Gasteiger partial charge in [0.2, 0.25) is 0 Å². The molecule has 0 bridgehead atoms. The lowest BCUT2D eigenvalue weighted by Gasteiger charge is -2.03. The van der Waals surface area contributed by atoms with Crippen LogP contribution in [-0.2, 0) is 0 Å². The normalized spacial score (nSPS) is 11.8. The third-order valence-electron chi connectivity index (χ3n) is 1.06. The van der Waals surface area contributed by atoms with Gasteiger partial charge in [0, 0.05) is 6.04 Å². The molecule has 0 aliphatic heterocycles. The number of hydrogen-bond acceptors (Lipinski definition) is 2. The number of nitrogens with zero attached hydrogens (tertiary/aromatic N) is 1. The Morgan fingerprint density at radius 3 is 2.60 bits per heavy atom. The van der Waals surface area contributed by atoms with Crippen LogP contribution < -0.4 is 5.43 Å². The van der Waals surface area contributed by atoms with Crippen LogP contribution in [0, 0.1) is 0 Å². The SMILES string of the molecule is C=C/C(CC)=N/NC(C)C. The molecule has 0 spiro atoms. The zero-order valence-electron chi connectivity index (χ0n) is 7.02. The summed E-state index contributed by atoms with van der Waals surface area (Å²) in [7, 11) is 0. The zero-order chi connectivity index (χ0) is 7.98. The lowest BCUT2D eigenvalue weighted by molar-refractivity contribution is 0.619. The van der Waals surface area contributed by atoms with E-state index in [0.29, 0.717) is 6.04 Å². The molecule has 0 atom stereocenters. The summed E-state index contributed by atoms with van der Waals surface area (Å²) in [5, 5.41) is 4.11. The van der Waals surface area contributed by atoms with Gasteiger partial charge in [0.1, 0.15) is 0 Å². The van der Waals surface area contributed by atoms with Gasteiger partial charge in [0.15, 0.2) is 0 Å². The van der Waals surface area contributed by atoms with Crippen molar-refractivity contribution >= 4 is 5.71 Å². The van der Waals surface area contributed by atoms with E-state index in [4.69, 9.17) is 0 Å². The van der Waals surface area contributed by atoms with Crippen molar-refractivity contribution in [2.75, 3.05) is 0 Å². The predicted octanol–water partition coefficient (Wildman–Crippen LogP) is 1.94. The first-order chi connectivity index (χ1) is 4.70. The van der Waals surface area contributed by atoms with Gasteiger partial charge in [-0.25, -0.2) is 0 Å². The van der Waals surface area contributed by atoms with Crippen LogP contribution in [0.1, 0.15) is 27.2 Å². The third kappa shape index (κ3) is 4.13. The van der Waals surface area contributed by atoms with E-state index in [1.807, 2.05) is 0 Å². The van der Waals surface area contributed by atoms with Crippen molar-refractivity contribution in [1.29, 1.82) is 0 Å². The lowest BCUT2D eigenvalue weighted by Crippen LogP contribution is -2.17. The molecule has 2 nitrogen and oxygen atoms in total. The van der Waals surface area contributed by atoms with E-state index in [1.165, 1.54) is 0 Å². The van der Waals surface area contributed by atoms with Gasteiger partial charge in [-0.05, 0) is 26.3 Å². The molecule has 0 radical (unpaired) electrons. The Morgan fingerprint density at radius 2 is 2.30 bits per heavy atom. The van der Waals surface area contributed by atoms with Crippen LogP contribution in [0.15, 0.2) is 17.8 Å². The van der Waals surface area contributed by atoms with Crippen LogP contribution in [0.4, 0.5) is 0 Å². The van der Waals surface area contributed by atoms with Gasteiger partial charge in [0.25, 0.3) is 0 Å². The van der Waals surface area contributed by atoms with Crippen molar-refractivity contribution in [2.45, 2.75) is 33.2 Å². The second-order valence-corrected chi connectivity index (χ2v) is 2.44. The van der Waals surface area contributed by atoms with E-state index in [9.17, 15) is 0 Å². The molecule has 0 aliphatic carbocycles. The summed E-state index contributed by atoms with van der Waals surface area (Å²) >= 11 is 0. The van der Waals surface area contributed by atoms with Gasteiger partial charge in [-0.15, -0.1) is 0 Å². The maximum absolute atomic E-state index is 4.11. The fourth-order valence-electron chi connectivity index (χ4n) is 0.481. The molecule has 0 aliphatic rings. The molecule has 0 fully saturated rings. The van der Waals surface area contributed by atoms with Gasteiger partial charge >= 0.3 is 0 Å². The summed E-state index contributed by atoms with van der Waals surface area (Å²) < 4.78 is 0. The highest BCUT2D eigenvalue weighted by atomic mass is 15.3. The molecule has 0 heterocycles. The smallest absolute Gasteiger partial charge is 0.0594 e. The zero-order valence-corrected chi connectivity index (χ0v) is 7.02. The largest absolute Gasteiger partial charge is 0.307 e. The molecular formula is C8H16N2. The molecule has 0 amide bonds. The Labute approximate surface area is 63.0 Å². The molecular weight excluding hydrogens is 124 g/mol. The van der Waals surface area contributed by atoms with Crippen LogP contribution in [0.2, 0.25) is 0 Å². The summed E-state index contributed by atoms with van der Waals surface area (Å²) in [6.07, 6.45) is 2.71. The average molecular weight is 140 g/mol. The second-order valence-electron chi connectivity index (χ2n) is 2.44. The second kappa shape index (κ2) is 5.03. The Kier molecular flexibility index (Phi) is 4.63. The highest BCUT2D eigenvalue weighted by Gasteiger charge is 1.89. The summed E-state index contributed by atoms with van der Waals surface area (Å²) in [6, 6.07) is 0.404. The summed E-state index contributed by atoms with van der Waals surface area (Å²) in [5.74, 6) is 0. The molecule has 0 aromatic heterocycles. The van der Waals surface area contributed by atoms with Gasteiger partial charge in [-0.3, -0.25) is 0 Å². The fraction of sp³-hybridized carbons (Fsp3) is 0.625. The topological polar surface area (TPSA) is 24.4 Å². The van der Waals surface area contributed by atoms with Gasteiger partial charge < -0.3 is 5.43 Å². The van der Waals surface area contributed by atoms with Gasteiger partial charge in [-0.2, -0.15) is 5.10 Å². The molecule has 2 heteroatoms. The minimum atomic E-state index is 0.404. The Hall–Kier alpha value is -0.790. The first-order valence-corrected chi connectivity index (χ1v) is 3.65. The van der Waals surface area contributed by atoms with Crippen molar-refractivity contribution in [3.63, 3.8) is 0 Å². The Bertz CT molecular complexity index is 125. The average Bonchev–Trinajstić information content (AvgIpc) is 1.90. The first-order valence-electron chi connectivity index (χ1n) is 3.65. The van der Waals surface area contributed by atoms with Crippen molar-refractivity contribution in [2.24, 2.45) is 5.10 Å². The Balaban J connectivity index is 3.74. The van der Waals surface area contributed by atoms with Gasteiger partial charge in [0.05, 0.1) is 5.71 Å². The summed E-state index contributed by atoms with van der Waals surface area (Å²) in [4.78, 5) is 0. The Morgan fingerprint density at radius 1 is 1.70 bits per heavy atom. The number of hydrazone groups is 1. The highest BCUT2D eigenvalue weighted by Crippen LogP contribution is 1.85. The van der Waals surface area contributed by atoms with Crippen LogP contribution in [-0.4, -0.2) is 11.8 Å². The van der Waals surface area contributed by atoms with Crippen LogP contribution >= 0.6 is 0 Å². The number of hydrogen-bond donors (Lipinski definition) is 1. The van der Waals surface area contributed by atoms with Crippen molar-refractivity contribution in [3.05, 3.63) is 12.7 Å². The van der Waals surface area contributed by atoms with E-state index >= 15 is 0 Å². The van der Waals surface area contributed by atoms with E-state index in [1.54, 1.807) is 6.08 Å². The maximum atomic E-state index is 4.11. The quantitative estimate of drug-likeness (QED) is 0.468. The lowest BCUT2D eigenvalue weighted by atomic mass is 10.3. The summed E-state index contributed by atoms with van der Waals surface area (Å²) in [6.45, 7) is 9.81. The molecule has 0 rings (SSSR count). The summed E-state index contributed by atoms with van der Waals surface area (Å²) in [5.41, 5.74) is 3.97. The molecule has 0 saturated heterocycles. The van der Waals surface area contributed by atoms with E-state index < -0.39 is 0 Å². The molecule has 0 aromatic carbocycles. The van der Waals surface area contributed by atoms with E-state index in [2.05, 4.69) is 37.9 Å². The standard InChI is InChI=1S/C8H16N2/c1-5-8(6-2)10-9-7(3)4/h5,7,9H,1,6H2,2-4H3/b10-8-. The molecule has 10 heavy (non-hydrogen) atoms. The van der Waals surface area contributed by atoms with Crippen LogP contribution in [0.25, 0.3) is 0 Å². The van der Waals surface area contributed by atoms with Crippen molar-refractivity contribution < 1.29 is 0 Å². The number of nitrogens with one attached hydrogen (secondary N) is 1. The maximum Gasteiger partial charge on any atom is 0.0594 e. The van der Waals surface area contributed by atoms with Crippen molar-refractivity contribution in [1.82, 2.24) is 5.43 Å². The van der Waals surface area contributed by atoms with Gasteiger partial charge in [-0.1, -0.05) is 13.5 Å². The van der Waals surface area contributed by atoms with Crippen LogP contribution in [0.3, 0.4) is 0 Å². The monoisotopic (exact) mass is 140 g/mol. The number of allylic oxidation sites excluding steroid dienone is 1. The fourth-order valence-corrected chi connectivity index (χ4v) is 0.481. The first kappa shape index (κ1) is 9.21. The van der Waals surface area contributed by atoms with E-state index in [0.717, 1.165) is 12.1 Å². The highest BCUT2D eigenvalue weighted by molar-refractivity contribution is 5.93. The molecule has 1 N–H and O–H groups in total. The predicted molar refractivity (Wildman–Crippen MR) is 46.2 cm³/mol. The van der Waals surface area contributed by atoms with Crippen molar-refractivity contribution in [3.8, 4) is 0 Å². The molecule has 58 valence electrons. The minimum absolute atomic E-state index is 0.404.